The normalized spacial score (nSPS) is 12.8. The molecule has 3 rings (SSSR count). The van der Waals surface area contributed by atoms with Crippen molar-refractivity contribution in [3.05, 3.63) is 65.5 Å². The predicted molar refractivity (Wildman–Crippen MR) is 79.2 cm³/mol. The molecule has 0 saturated heterocycles. The first-order valence-corrected chi connectivity index (χ1v) is 6.72. The molecule has 2 nitrogen and oxygen atoms in total. The standard InChI is InChI=1S/C16H9ClF3NO/c17-12(15-21-13-6-1-2-7-14(13)22-15)9-10-4-3-5-11(8-10)16(18,19)20/h1-9H/b12-9-. The monoisotopic (exact) mass is 323 g/mol. The average molecular weight is 324 g/mol. The van der Waals surface area contributed by atoms with Crippen LogP contribution in [-0.2, 0) is 6.18 Å². The molecule has 0 amide bonds. The Labute approximate surface area is 128 Å². The largest absolute Gasteiger partial charge is 0.435 e. The van der Waals surface area contributed by atoms with Gasteiger partial charge in [-0.1, -0.05) is 35.9 Å². The van der Waals surface area contributed by atoms with E-state index in [1.807, 2.05) is 0 Å². The van der Waals surface area contributed by atoms with Gasteiger partial charge in [-0.15, -0.1) is 0 Å². The van der Waals surface area contributed by atoms with E-state index in [2.05, 4.69) is 4.98 Å². The van der Waals surface area contributed by atoms with Gasteiger partial charge < -0.3 is 4.42 Å². The average Bonchev–Trinajstić information content (AvgIpc) is 2.90. The second-order valence-electron chi connectivity index (χ2n) is 4.60. The Morgan fingerprint density at radius 2 is 1.86 bits per heavy atom. The summed E-state index contributed by atoms with van der Waals surface area (Å²) in [4.78, 5) is 4.19. The first-order chi connectivity index (χ1) is 10.4. The molecule has 22 heavy (non-hydrogen) atoms. The van der Waals surface area contributed by atoms with Crippen molar-refractivity contribution >= 4 is 33.8 Å². The number of para-hydroxylation sites is 2. The molecule has 0 aliphatic heterocycles. The molecule has 0 saturated carbocycles. The third-order valence-corrected chi connectivity index (χ3v) is 3.28. The number of aromatic nitrogens is 1. The molecule has 0 unspecified atom stereocenters. The van der Waals surface area contributed by atoms with Gasteiger partial charge >= 0.3 is 6.18 Å². The van der Waals surface area contributed by atoms with Gasteiger partial charge in [-0.05, 0) is 35.9 Å². The van der Waals surface area contributed by atoms with Crippen LogP contribution in [0.2, 0.25) is 0 Å². The summed E-state index contributed by atoms with van der Waals surface area (Å²) < 4.78 is 43.5. The number of hydrogen-bond acceptors (Lipinski definition) is 2. The van der Waals surface area contributed by atoms with E-state index in [1.54, 1.807) is 24.3 Å². The van der Waals surface area contributed by atoms with Crippen LogP contribution in [0.4, 0.5) is 13.2 Å². The highest BCUT2D eigenvalue weighted by Crippen LogP contribution is 2.31. The second-order valence-corrected chi connectivity index (χ2v) is 5.01. The molecule has 0 fully saturated rings. The molecule has 0 aliphatic rings. The van der Waals surface area contributed by atoms with Crippen LogP contribution in [0.25, 0.3) is 22.2 Å². The Bertz CT molecular complexity index is 819. The Kier molecular flexibility index (Phi) is 3.66. The summed E-state index contributed by atoms with van der Waals surface area (Å²) in [6, 6.07) is 12.0. The molecule has 2 aromatic carbocycles. The van der Waals surface area contributed by atoms with E-state index < -0.39 is 11.7 Å². The van der Waals surface area contributed by atoms with Crippen molar-refractivity contribution in [3.63, 3.8) is 0 Å². The summed E-state index contributed by atoms with van der Waals surface area (Å²) >= 11 is 6.10. The van der Waals surface area contributed by atoms with Crippen LogP contribution in [0, 0.1) is 0 Å². The summed E-state index contributed by atoms with van der Waals surface area (Å²) in [5.74, 6) is 0.167. The lowest BCUT2D eigenvalue weighted by atomic mass is 10.1. The van der Waals surface area contributed by atoms with Gasteiger partial charge in [-0.3, -0.25) is 0 Å². The summed E-state index contributed by atoms with van der Waals surface area (Å²) in [5.41, 5.74) is 0.784. The van der Waals surface area contributed by atoms with Gasteiger partial charge in [-0.25, -0.2) is 4.98 Å². The van der Waals surface area contributed by atoms with E-state index in [9.17, 15) is 13.2 Å². The van der Waals surface area contributed by atoms with Crippen LogP contribution in [0.15, 0.2) is 52.9 Å². The maximum atomic E-state index is 12.7. The van der Waals surface area contributed by atoms with Gasteiger partial charge in [0.05, 0.1) is 5.56 Å². The van der Waals surface area contributed by atoms with Gasteiger partial charge in [-0.2, -0.15) is 13.2 Å². The maximum absolute atomic E-state index is 12.7. The summed E-state index contributed by atoms with van der Waals surface area (Å²) in [5, 5.41) is 0.135. The van der Waals surface area contributed by atoms with E-state index in [1.165, 1.54) is 18.2 Å². The summed E-state index contributed by atoms with van der Waals surface area (Å²) in [7, 11) is 0. The fourth-order valence-electron chi connectivity index (χ4n) is 1.99. The molecule has 6 heteroatoms. The number of alkyl halides is 3. The molecule has 1 aromatic heterocycles. The minimum atomic E-state index is -4.39. The lowest BCUT2D eigenvalue weighted by molar-refractivity contribution is -0.137. The molecule has 1 heterocycles. The molecular weight excluding hydrogens is 315 g/mol. The van der Waals surface area contributed by atoms with E-state index in [0.717, 1.165) is 12.1 Å². The predicted octanol–water partition coefficient (Wildman–Crippen LogP) is 5.58. The van der Waals surface area contributed by atoms with Crippen molar-refractivity contribution in [1.82, 2.24) is 4.98 Å². The lowest BCUT2D eigenvalue weighted by Crippen LogP contribution is -2.04. The van der Waals surface area contributed by atoms with Gasteiger partial charge in [0.15, 0.2) is 5.58 Å². The van der Waals surface area contributed by atoms with E-state index >= 15 is 0 Å². The van der Waals surface area contributed by atoms with E-state index in [0.29, 0.717) is 16.7 Å². The van der Waals surface area contributed by atoms with Gasteiger partial charge in [0.1, 0.15) is 10.5 Å². The Morgan fingerprint density at radius 3 is 2.59 bits per heavy atom. The minimum Gasteiger partial charge on any atom is -0.435 e. The van der Waals surface area contributed by atoms with Crippen LogP contribution in [0.5, 0.6) is 0 Å². The van der Waals surface area contributed by atoms with Crippen molar-refractivity contribution < 1.29 is 17.6 Å². The summed E-state index contributed by atoms with van der Waals surface area (Å²) in [6.07, 6.45) is -3.00. The van der Waals surface area contributed by atoms with Crippen LogP contribution in [0.3, 0.4) is 0 Å². The van der Waals surface area contributed by atoms with Crippen LogP contribution < -0.4 is 0 Å². The molecular formula is C16H9ClF3NO. The second kappa shape index (κ2) is 5.50. The number of nitrogens with zero attached hydrogens (tertiary/aromatic N) is 1. The third kappa shape index (κ3) is 2.99. The Morgan fingerprint density at radius 1 is 1.09 bits per heavy atom. The number of fused-ring (bicyclic) bond motifs is 1. The lowest BCUT2D eigenvalue weighted by Gasteiger charge is -2.06. The highest BCUT2D eigenvalue weighted by atomic mass is 35.5. The first-order valence-electron chi connectivity index (χ1n) is 6.34. The van der Waals surface area contributed by atoms with Crippen LogP contribution >= 0.6 is 11.6 Å². The molecule has 3 aromatic rings. The number of rotatable bonds is 2. The Hall–Kier alpha value is -2.27. The zero-order valence-electron chi connectivity index (χ0n) is 11.1. The van der Waals surface area contributed by atoms with Gasteiger partial charge in [0, 0.05) is 0 Å². The first kappa shape index (κ1) is 14.7. The van der Waals surface area contributed by atoms with Crippen molar-refractivity contribution in [1.29, 1.82) is 0 Å². The van der Waals surface area contributed by atoms with E-state index in [4.69, 9.17) is 16.0 Å². The SMILES string of the molecule is FC(F)(F)c1cccc(/C=C(\Cl)c2nc3ccccc3o2)c1. The zero-order valence-corrected chi connectivity index (χ0v) is 11.8. The quantitative estimate of drug-likeness (QED) is 0.615. The highest BCUT2D eigenvalue weighted by molar-refractivity contribution is 6.50. The molecule has 0 bridgehead atoms. The molecule has 0 spiro atoms. The molecule has 0 atom stereocenters. The maximum Gasteiger partial charge on any atom is 0.416 e. The fraction of sp³-hybridized carbons (Fsp3) is 0.0625. The van der Waals surface area contributed by atoms with Crippen molar-refractivity contribution in [3.8, 4) is 0 Å². The summed E-state index contributed by atoms with van der Waals surface area (Å²) in [6.45, 7) is 0. The number of benzene rings is 2. The number of hydrogen-bond donors (Lipinski definition) is 0. The van der Waals surface area contributed by atoms with Crippen LogP contribution in [0.1, 0.15) is 17.0 Å². The Balaban J connectivity index is 1.97. The number of halogens is 4. The topological polar surface area (TPSA) is 26.0 Å². The number of oxazole rings is 1. The zero-order chi connectivity index (χ0) is 15.7. The molecule has 0 N–H and O–H groups in total. The molecule has 0 aliphatic carbocycles. The molecule has 112 valence electrons. The van der Waals surface area contributed by atoms with Gasteiger partial charge in [0.25, 0.3) is 0 Å². The van der Waals surface area contributed by atoms with Crippen molar-refractivity contribution in [2.75, 3.05) is 0 Å². The van der Waals surface area contributed by atoms with Crippen molar-refractivity contribution in [2.24, 2.45) is 0 Å². The van der Waals surface area contributed by atoms with Gasteiger partial charge in [0.2, 0.25) is 5.89 Å². The van der Waals surface area contributed by atoms with Crippen molar-refractivity contribution in [2.45, 2.75) is 6.18 Å². The van der Waals surface area contributed by atoms with Crippen LogP contribution in [-0.4, -0.2) is 4.98 Å². The smallest absolute Gasteiger partial charge is 0.416 e. The fourth-order valence-corrected chi connectivity index (χ4v) is 2.19. The third-order valence-electron chi connectivity index (χ3n) is 3.01. The van der Waals surface area contributed by atoms with E-state index in [-0.39, 0.29) is 10.9 Å². The minimum absolute atomic E-state index is 0.135. The highest BCUT2D eigenvalue weighted by Gasteiger charge is 2.30. The molecule has 0 radical (unpaired) electrons.